The highest BCUT2D eigenvalue weighted by Gasteiger charge is 2.41. The monoisotopic (exact) mass is 247 g/mol. The van der Waals surface area contributed by atoms with E-state index in [1.807, 2.05) is 0 Å². The van der Waals surface area contributed by atoms with Crippen LogP contribution in [0.3, 0.4) is 0 Å². The van der Waals surface area contributed by atoms with Crippen LogP contribution in [0.1, 0.15) is 26.2 Å². The Balaban J connectivity index is 1.87. The van der Waals surface area contributed by atoms with Gasteiger partial charge in [-0.25, -0.2) is 4.72 Å². The Morgan fingerprint density at radius 1 is 1.31 bits per heavy atom. The standard InChI is InChI=1S/C10H21N3O2S/c1-2-10(3-4-10)9-12-16(14,15)13-7-5-11-6-8-13/h11-12H,2-9H2,1H3. The van der Waals surface area contributed by atoms with Crippen molar-refractivity contribution in [3.05, 3.63) is 0 Å². The molecule has 0 amide bonds. The Morgan fingerprint density at radius 3 is 2.44 bits per heavy atom. The molecule has 2 rings (SSSR count). The third-order valence-electron chi connectivity index (χ3n) is 3.75. The Bertz CT molecular complexity index is 332. The van der Waals surface area contributed by atoms with Crippen LogP contribution >= 0.6 is 0 Å². The lowest BCUT2D eigenvalue weighted by Gasteiger charge is -2.27. The summed E-state index contributed by atoms with van der Waals surface area (Å²) >= 11 is 0. The van der Waals surface area contributed by atoms with Crippen molar-refractivity contribution < 1.29 is 8.42 Å². The summed E-state index contributed by atoms with van der Waals surface area (Å²) in [6.45, 7) is 5.39. The molecule has 1 aliphatic heterocycles. The second-order valence-electron chi connectivity index (χ2n) is 4.83. The van der Waals surface area contributed by atoms with Crippen molar-refractivity contribution in [1.29, 1.82) is 0 Å². The van der Waals surface area contributed by atoms with Gasteiger partial charge in [-0.3, -0.25) is 0 Å². The molecule has 16 heavy (non-hydrogen) atoms. The van der Waals surface area contributed by atoms with E-state index >= 15 is 0 Å². The molecule has 0 atom stereocenters. The maximum absolute atomic E-state index is 12.0. The molecule has 0 aromatic carbocycles. The van der Waals surface area contributed by atoms with Gasteiger partial charge in [-0.05, 0) is 24.7 Å². The molecule has 0 unspecified atom stereocenters. The van der Waals surface area contributed by atoms with Gasteiger partial charge in [0, 0.05) is 32.7 Å². The first-order valence-corrected chi connectivity index (χ1v) is 7.47. The fraction of sp³-hybridized carbons (Fsp3) is 1.00. The van der Waals surface area contributed by atoms with Crippen molar-refractivity contribution in [2.24, 2.45) is 5.41 Å². The van der Waals surface area contributed by atoms with Gasteiger partial charge in [0.1, 0.15) is 0 Å². The molecule has 1 aliphatic carbocycles. The lowest BCUT2D eigenvalue weighted by molar-refractivity contribution is 0.350. The highest BCUT2D eigenvalue weighted by Crippen LogP contribution is 2.47. The van der Waals surface area contributed by atoms with E-state index in [2.05, 4.69) is 17.0 Å². The zero-order valence-electron chi connectivity index (χ0n) is 9.83. The Labute approximate surface area is 97.8 Å². The number of hydrogen-bond donors (Lipinski definition) is 2. The average molecular weight is 247 g/mol. The average Bonchev–Trinajstić information content (AvgIpc) is 3.09. The van der Waals surface area contributed by atoms with Crippen LogP contribution in [0.2, 0.25) is 0 Å². The van der Waals surface area contributed by atoms with Gasteiger partial charge in [-0.2, -0.15) is 12.7 Å². The summed E-state index contributed by atoms with van der Waals surface area (Å²) in [6, 6.07) is 0. The lowest BCUT2D eigenvalue weighted by atomic mass is 10.1. The zero-order valence-corrected chi connectivity index (χ0v) is 10.6. The molecule has 2 N–H and O–H groups in total. The molecule has 2 aliphatic rings. The molecule has 6 heteroatoms. The van der Waals surface area contributed by atoms with Gasteiger partial charge in [-0.15, -0.1) is 0 Å². The maximum atomic E-state index is 12.0. The summed E-state index contributed by atoms with van der Waals surface area (Å²) in [4.78, 5) is 0. The molecule has 2 fully saturated rings. The van der Waals surface area contributed by atoms with E-state index in [1.54, 1.807) is 0 Å². The molecule has 94 valence electrons. The molecule has 5 nitrogen and oxygen atoms in total. The first-order chi connectivity index (χ1) is 7.58. The second-order valence-corrected chi connectivity index (χ2v) is 6.58. The Morgan fingerprint density at radius 2 is 1.94 bits per heavy atom. The van der Waals surface area contributed by atoms with E-state index in [-0.39, 0.29) is 5.41 Å². The molecule has 1 saturated heterocycles. The van der Waals surface area contributed by atoms with Crippen LogP contribution in [0.25, 0.3) is 0 Å². The van der Waals surface area contributed by atoms with Crippen molar-refractivity contribution in [3.8, 4) is 0 Å². The van der Waals surface area contributed by atoms with Crippen LogP contribution in [0.5, 0.6) is 0 Å². The molecule has 0 aromatic heterocycles. The number of hydrogen-bond acceptors (Lipinski definition) is 3. The summed E-state index contributed by atoms with van der Waals surface area (Å²) in [5.41, 5.74) is 0.265. The lowest BCUT2D eigenvalue weighted by Crippen LogP contribution is -2.51. The van der Waals surface area contributed by atoms with Crippen LogP contribution < -0.4 is 10.0 Å². The van der Waals surface area contributed by atoms with E-state index in [1.165, 1.54) is 4.31 Å². The van der Waals surface area contributed by atoms with Gasteiger partial charge in [0.2, 0.25) is 0 Å². The normalized spacial score (nSPS) is 25.6. The van der Waals surface area contributed by atoms with E-state index < -0.39 is 10.2 Å². The van der Waals surface area contributed by atoms with Crippen molar-refractivity contribution >= 4 is 10.2 Å². The molecule has 0 bridgehead atoms. The number of rotatable bonds is 5. The number of nitrogens with zero attached hydrogens (tertiary/aromatic N) is 1. The Kier molecular flexibility index (Phi) is 3.53. The predicted octanol–water partition coefficient (Wildman–Crippen LogP) is -0.0838. The minimum Gasteiger partial charge on any atom is -0.314 e. The number of nitrogens with one attached hydrogen (secondary N) is 2. The summed E-state index contributed by atoms with van der Waals surface area (Å²) in [6.07, 6.45) is 3.39. The van der Waals surface area contributed by atoms with Crippen molar-refractivity contribution in [3.63, 3.8) is 0 Å². The predicted molar refractivity (Wildman–Crippen MR) is 63.3 cm³/mol. The van der Waals surface area contributed by atoms with E-state index in [4.69, 9.17) is 0 Å². The minimum atomic E-state index is -3.24. The summed E-state index contributed by atoms with van der Waals surface area (Å²) in [5, 5.41) is 3.15. The molecule has 0 spiro atoms. The topological polar surface area (TPSA) is 61.4 Å². The highest BCUT2D eigenvalue weighted by molar-refractivity contribution is 7.87. The van der Waals surface area contributed by atoms with Crippen LogP contribution in [-0.2, 0) is 10.2 Å². The molecule has 1 saturated carbocycles. The third kappa shape index (κ3) is 2.74. The van der Waals surface area contributed by atoms with E-state index in [0.29, 0.717) is 19.6 Å². The molecular formula is C10H21N3O2S. The second kappa shape index (κ2) is 4.60. The van der Waals surface area contributed by atoms with Crippen LogP contribution in [0.4, 0.5) is 0 Å². The van der Waals surface area contributed by atoms with Crippen molar-refractivity contribution in [2.45, 2.75) is 26.2 Å². The summed E-state index contributed by atoms with van der Waals surface area (Å²) < 4.78 is 28.2. The van der Waals surface area contributed by atoms with Gasteiger partial charge >= 0.3 is 0 Å². The SMILES string of the molecule is CCC1(CNS(=O)(=O)N2CCNCC2)CC1. The van der Waals surface area contributed by atoms with Gasteiger partial charge in [0.15, 0.2) is 0 Å². The van der Waals surface area contributed by atoms with Crippen molar-refractivity contribution in [2.75, 3.05) is 32.7 Å². The van der Waals surface area contributed by atoms with Crippen LogP contribution in [0.15, 0.2) is 0 Å². The van der Waals surface area contributed by atoms with E-state index in [9.17, 15) is 8.42 Å². The first-order valence-electron chi connectivity index (χ1n) is 6.03. The summed E-state index contributed by atoms with van der Waals surface area (Å²) in [5.74, 6) is 0. The first kappa shape index (κ1) is 12.3. The van der Waals surface area contributed by atoms with Gasteiger partial charge < -0.3 is 5.32 Å². The molecular weight excluding hydrogens is 226 g/mol. The van der Waals surface area contributed by atoms with Crippen molar-refractivity contribution in [1.82, 2.24) is 14.3 Å². The number of piperazine rings is 1. The fourth-order valence-corrected chi connectivity index (χ4v) is 3.39. The molecule has 0 radical (unpaired) electrons. The molecule has 0 aromatic rings. The minimum absolute atomic E-state index is 0.265. The zero-order chi connectivity index (χ0) is 11.6. The smallest absolute Gasteiger partial charge is 0.279 e. The fourth-order valence-electron chi connectivity index (χ4n) is 2.05. The van der Waals surface area contributed by atoms with Gasteiger partial charge in [-0.1, -0.05) is 6.92 Å². The van der Waals surface area contributed by atoms with Gasteiger partial charge in [0.25, 0.3) is 10.2 Å². The maximum Gasteiger partial charge on any atom is 0.279 e. The quantitative estimate of drug-likeness (QED) is 0.714. The third-order valence-corrected chi connectivity index (χ3v) is 5.31. The highest BCUT2D eigenvalue weighted by atomic mass is 32.2. The van der Waals surface area contributed by atoms with E-state index in [0.717, 1.165) is 32.4 Å². The Hall–Kier alpha value is -0.170. The summed E-state index contributed by atoms with van der Waals surface area (Å²) in [7, 11) is -3.24. The largest absolute Gasteiger partial charge is 0.314 e. The van der Waals surface area contributed by atoms with Crippen LogP contribution in [-0.4, -0.2) is 45.4 Å². The van der Waals surface area contributed by atoms with Crippen LogP contribution in [0, 0.1) is 5.41 Å². The van der Waals surface area contributed by atoms with Gasteiger partial charge in [0.05, 0.1) is 0 Å². The molecule has 1 heterocycles.